The summed E-state index contributed by atoms with van der Waals surface area (Å²) in [6.45, 7) is 3.92. The third-order valence-corrected chi connectivity index (χ3v) is 4.82. The fourth-order valence-corrected chi connectivity index (χ4v) is 3.38. The van der Waals surface area contributed by atoms with Crippen molar-refractivity contribution in [2.75, 3.05) is 17.2 Å². The molecule has 5 nitrogen and oxygen atoms in total. The van der Waals surface area contributed by atoms with Gasteiger partial charge in [-0.15, -0.1) is 0 Å². The zero-order chi connectivity index (χ0) is 18.5. The van der Waals surface area contributed by atoms with E-state index in [1.807, 2.05) is 18.2 Å². The first-order valence-electron chi connectivity index (χ1n) is 9.71. The first kappa shape index (κ1) is 17.5. The molecule has 0 saturated heterocycles. The summed E-state index contributed by atoms with van der Waals surface area (Å²) in [5, 5.41) is 6.94. The highest BCUT2D eigenvalue weighted by molar-refractivity contribution is 5.58. The number of hydrogen-bond acceptors (Lipinski definition) is 5. The Bertz CT molecular complexity index is 891. The third-order valence-electron chi connectivity index (χ3n) is 4.82. The lowest BCUT2D eigenvalue weighted by atomic mass is 10.2. The van der Waals surface area contributed by atoms with Gasteiger partial charge in [-0.25, -0.2) is 9.97 Å². The number of nitrogens with one attached hydrogen (secondary N) is 2. The molecule has 4 rings (SSSR count). The SMILES string of the molecule is CCCNc1ccc(CNc2nc(-c3ccccn3)nc3c2CCC3)cc1. The van der Waals surface area contributed by atoms with E-state index in [0.29, 0.717) is 5.82 Å². The second kappa shape index (κ2) is 8.16. The van der Waals surface area contributed by atoms with Crippen LogP contribution in [0.4, 0.5) is 11.5 Å². The number of fused-ring (bicyclic) bond motifs is 1. The Morgan fingerprint density at radius 1 is 0.963 bits per heavy atom. The molecule has 5 heteroatoms. The maximum Gasteiger partial charge on any atom is 0.180 e. The summed E-state index contributed by atoms with van der Waals surface area (Å²) in [4.78, 5) is 14.0. The lowest BCUT2D eigenvalue weighted by molar-refractivity contribution is 0.899. The molecule has 1 aliphatic carbocycles. The maximum absolute atomic E-state index is 4.79. The zero-order valence-electron chi connectivity index (χ0n) is 15.7. The van der Waals surface area contributed by atoms with Crippen LogP contribution in [0.25, 0.3) is 11.5 Å². The molecule has 0 fully saturated rings. The van der Waals surface area contributed by atoms with Crippen molar-refractivity contribution in [3.05, 3.63) is 65.5 Å². The minimum atomic E-state index is 0.706. The molecule has 3 aromatic rings. The van der Waals surface area contributed by atoms with Gasteiger partial charge in [0.05, 0.1) is 0 Å². The molecule has 0 atom stereocenters. The van der Waals surface area contributed by atoms with Crippen molar-refractivity contribution in [2.24, 2.45) is 0 Å². The number of hydrogen-bond donors (Lipinski definition) is 2. The van der Waals surface area contributed by atoms with Gasteiger partial charge in [0, 0.05) is 36.2 Å². The van der Waals surface area contributed by atoms with E-state index >= 15 is 0 Å². The summed E-state index contributed by atoms with van der Waals surface area (Å²) in [6, 6.07) is 14.4. The number of aromatic nitrogens is 3. The van der Waals surface area contributed by atoms with Gasteiger partial charge >= 0.3 is 0 Å². The quantitative estimate of drug-likeness (QED) is 0.652. The van der Waals surface area contributed by atoms with Gasteiger partial charge in [-0.2, -0.15) is 0 Å². The topological polar surface area (TPSA) is 62.7 Å². The van der Waals surface area contributed by atoms with Gasteiger partial charge in [-0.05, 0) is 55.5 Å². The van der Waals surface area contributed by atoms with Gasteiger partial charge in [0.25, 0.3) is 0 Å². The van der Waals surface area contributed by atoms with E-state index in [1.54, 1.807) is 6.20 Å². The molecule has 138 valence electrons. The number of aryl methyl sites for hydroxylation is 1. The molecule has 0 spiro atoms. The van der Waals surface area contributed by atoms with Crippen LogP contribution in [0.15, 0.2) is 48.7 Å². The second-order valence-electron chi connectivity index (χ2n) is 6.87. The van der Waals surface area contributed by atoms with Crippen LogP contribution in [-0.4, -0.2) is 21.5 Å². The summed E-state index contributed by atoms with van der Waals surface area (Å²) in [6.07, 6.45) is 6.11. The van der Waals surface area contributed by atoms with E-state index in [1.165, 1.54) is 16.8 Å². The lowest BCUT2D eigenvalue weighted by Gasteiger charge is -2.13. The third kappa shape index (κ3) is 4.08. The molecule has 2 aromatic heterocycles. The predicted octanol–water partition coefficient (Wildman–Crippen LogP) is 4.46. The van der Waals surface area contributed by atoms with Crippen molar-refractivity contribution in [3.8, 4) is 11.5 Å². The number of rotatable bonds is 7. The van der Waals surface area contributed by atoms with E-state index in [4.69, 9.17) is 9.97 Å². The second-order valence-corrected chi connectivity index (χ2v) is 6.87. The molecular weight excluding hydrogens is 334 g/mol. The molecule has 0 saturated carbocycles. The Kier molecular flexibility index (Phi) is 5.28. The molecule has 0 bridgehead atoms. The molecule has 0 unspecified atom stereocenters. The van der Waals surface area contributed by atoms with Gasteiger partial charge in [-0.3, -0.25) is 4.98 Å². The fraction of sp³-hybridized carbons (Fsp3) is 0.318. The summed E-state index contributed by atoms with van der Waals surface area (Å²) < 4.78 is 0. The van der Waals surface area contributed by atoms with Crippen LogP contribution in [0.3, 0.4) is 0 Å². The average molecular weight is 359 g/mol. The first-order valence-corrected chi connectivity index (χ1v) is 9.71. The van der Waals surface area contributed by atoms with Crippen molar-refractivity contribution in [1.82, 2.24) is 15.0 Å². The van der Waals surface area contributed by atoms with Crippen LogP contribution >= 0.6 is 0 Å². The molecule has 1 aromatic carbocycles. The normalized spacial score (nSPS) is 12.6. The van der Waals surface area contributed by atoms with E-state index in [0.717, 1.165) is 56.0 Å². The van der Waals surface area contributed by atoms with Crippen molar-refractivity contribution < 1.29 is 0 Å². The Morgan fingerprint density at radius 3 is 2.63 bits per heavy atom. The van der Waals surface area contributed by atoms with Gasteiger partial charge in [0.15, 0.2) is 5.82 Å². The van der Waals surface area contributed by atoms with Gasteiger partial charge < -0.3 is 10.6 Å². The molecule has 0 radical (unpaired) electrons. The predicted molar refractivity (Wildman–Crippen MR) is 110 cm³/mol. The van der Waals surface area contributed by atoms with Crippen molar-refractivity contribution in [3.63, 3.8) is 0 Å². The number of anilines is 2. The monoisotopic (exact) mass is 359 g/mol. The van der Waals surface area contributed by atoms with Gasteiger partial charge in [0.1, 0.15) is 11.5 Å². The number of pyridine rings is 1. The molecular formula is C22H25N5. The average Bonchev–Trinajstić information content (AvgIpc) is 3.21. The van der Waals surface area contributed by atoms with E-state index < -0.39 is 0 Å². The van der Waals surface area contributed by atoms with Crippen molar-refractivity contribution in [1.29, 1.82) is 0 Å². The summed E-state index contributed by atoms with van der Waals surface area (Å²) in [5.74, 6) is 1.66. The molecule has 0 amide bonds. The molecule has 2 heterocycles. The smallest absolute Gasteiger partial charge is 0.180 e. The molecule has 27 heavy (non-hydrogen) atoms. The fourth-order valence-electron chi connectivity index (χ4n) is 3.38. The Morgan fingerprint density at radius 2 is 1.85 bits per heavy atom. The van der Waals surface area contributed by atoms with E-state index in [-0.39, 0.29) is 0 Å². The first-order chi connectivity index (χ1) is 13.3. The minimum Gasteiger partial charge on any atom is -0.385 e. The molecule has 1 aliphatic rings. The summed E-state index contributed by atoms with van der Waals surface area (Å²) in [5.41, 5.74) is 5.65. The van der Waals surface area contributed by atoms with Crippen molar-refractivity contribution >= 4 is 11.5 Å². The zero-order valence-corrected chi connectivity index (χ0v) is 15.7. The lowest BCUT2D eigenvalue weighted by Crippen LogP contribution is -2.08. The largest absolute Gasteiger partial charge is 0.385 e. The number of benzene rings is 1. The van der Waals surface area contributed by atoms with E-state index in [9.17, 15) is 0 Å². The molecule has 2 N–H and O–H groups in total. The molecule has 0 aliphatic heterocycles. The maximum atomic E-state index is 4.79. The highest BCUT2D eigenvalue weighted by Gasteiger charge is 2.20. The van der Waals surface area contributed by atoms with E-state index in [2.05, 4.69) is 46.8 Å². The highest BCUT2D eigenvalue weighted by Crippen LogP contribution is 2.29. The Labute approximate surface area is 160 Å². The van der Waals surface area contributed by atoms with Crippen LogP contribution in [0.5, 0.6) is 0 Å². The minimum absolute atomic E-state index is 0.706. The highest BCUT2D eigenvalue weighted by atomic mass is 15.0. The van der Waals surface area contributed by atoms with Crippen molar-refractivity contribution in [2.45, 2.75) is 39.2 Å². The summed E-state index contributed by atoms with van der Waals surface area (Å²) >= 11 is 0. The van der Waals surface area contributed by atoms with Gasteiger partial charge in [-0.1, -0.05) is 25.1 Å². The number of nitrogens with zero attached hydrogens (tertiary/aromatic N) is 3. The summed E-state index contributed by atoms with van der Waals surface area (Å²) in [7, 11) is 0. The Balaban J connectivity index is 1.52. The van der Waals surface area contributed by atoms with Crippen LogP contribution in [0.1, 0.15) is 36.6 Å². The van der Waals surface area contributed by atoms with Crippen LogP contribution in [-0.2, 0) is 19.4 Å². The standard InChI is InChI=1S/C22H25N5/c1-2-13-23-17-11-9-16(10-12-17)15-25-21-18-6-5-8-19(18)26-22(27-21)20-7-3-4-14-24-20/h3-4,7,9-12,14,23H,2,5-6,8,13,15H2,1H3,(H,25,26,27). The Hall–Kier alpha value is -2.95. The van der Waals surface area contributed by atoms with Crippen LogP contribution in [0.2, 0.25) is 0 Å². The van der Waals surface area contributed by atoms with Crippen LogP contribution in [0, 0.1) is 0 Å². The van der Waals surface area contributed by atoms with Gasteiger partial charge in [0.2, 0.25) is 0 Å². The van der Waals surface area contributed by atoms with Crippen LogP contribution < -0.4 is 10.6 Å².